The Kier molecular flexibility index (Phi) is 4.93. The number of aromatic nitrogens is 1. The van der Waals surface area contributed by atoms with Crippen molar-refractivity contribution in [1.82, 2.24) is 10.3 Å². The van der Waals surface area contributed by atoms with Crippen molar-refractivity contribution in [1.29, 1.82) is 0 Å². The first-order chi connectivity index (χ1) is 8.83. The summed E-state index contributed by atoms with van der Waals surface area (Å²) >= 11 is 6.15. The highest BCUT2D eigenvalue weighted by Gasteiger charge is 2.04. The van der Waals surface area contributed by atoms with E-state index in [4.69, 9.17) is 16.3 Å². The van der Waals surface area contributed by atoms with E-state index < -0.39 is 0 Å². The van der Waals surface area contributed by atoms with Gasteiger partial charge in [0.25, 0.3) is 0 Å². The number of ether oxygens (including phenoxy) is 1. The predicted octanol–water partition coefficient (Wildman–Crippen LogP) is 3.01. The van der Waals surface area contributed by atoms with Gasteiger partial charge in [-0.1, -0.05) is 17.7 Å². The standard InChI is InChI=1S/C14H17ClN2O/c1-2-18-9-8-16-10-11-5-6-13(15)12-4-3-7-17-14(11)12/h3-7,16H,2,8-10H2,1H3. The van der Waals surface area contributed by atoms with E-state index in [2.05, 4.69) is 10.3 Å². The lowest BCUT2D eigenvalue weighted by Gasteiger charge is -2.08. The normalized spacial score (nSPS) is 11.0. The minimum atomic E-state index is 0.732. The summed E-state index contributed by atoms with van der Waals surface area (Å²) in [6, 6.07) is 7.84. The number of benzene rings is 1. The van der Waals surface area contributed by atoms with Gasteiger partial charge >= 0.3 is 0 Å². The van der Waals surface area contributed by atoms with Gasteiger partial charge in [-0.05, 0) is 30.7 Å². The second-order valence-corrected chi connectivity index (χ2v) is 4.39. The SMILES string of the molecule is CCOCCNCc1ccc(Cl)c2cccnc12. The van der Waals surface area contributed by atoms with E-state index in [0.717, 1.165) is 47.8 Å². The quantitative estimate of drug-likeness (QED) is 0.815. The van der Waals surface area contributed by atoms with Gasteiger partial charge in [-0.25, -0.2) is 0 Å². The molecule has 0 amide bonds. The van der Waals surface area contributed by atoms with E-state index in [0.29, 0.717) is 0 Å². The van der Waals surface area contributed by atoms with E-state index in [9.17, 15) is 0 Å². The van der Waals surface area contributed by atoms with Gasteiger partial charge in [-0.3, -0.25) is 4.98 Å². The predicted molar refractivity (Wildman–Crippen MR) is 75.0 cm³/mol. The Balaban J connectivity index is 2.07. The maximum Gasteiger partial charge on any atom is 0.0761 e. The van der Waals surface area contributed by atoms with Crippen LogP contribution >= 0.6 is 11.6 Å². The molecule has 0 saturated carbocycles. The van der Waals surface area contributed by atoms with Gasteiger partial charge in [0.2, 0.25) is 0 Å². The fraction of sp³-hybridized carbons (Fsp3) is 0.357. The number of nitrogens with zero attached hydrogens (tertiary/aromatic N) is 1. The van der Waals surface area contributed by atoms with Crippen LogP contribution in [0, 0.1) is 0 Å². The van der Waals surface area contributed by atoms with E-state index in [1.165, 1.54) is 0 Å². The molecule has 1 aromatic heterocycles. The number of hydrogen-bond donors (Lipinski definition) is 1. The Hall–Kier alpha value is -1.16. The van der Waals surface area contributed by atoms with Gasteiger partial charge in [-0.15, -0.1) is 0 Å². The summed E-state index contributed by atoms with van der Waals surface area (Å²) < 4.78 is 5.28. The molecule has 2 rings (SSSR count). The molecule has 96 valence electrons. The molecule has 0 unspecified atom stereocenters. The number of hydrogen-bond acceptors (Lipinski definition) is 3. The first-order valence-corrected chi connectivity index (χ1v) is 6.51. The lowest BCUT2D eigenvalue weighted by molar-refractivity contribution is 0.149. The molecule has 0 bridgehead atoms. The fourth-order valence-corrected chi connectivity index (χ4v) is 2.07. The third-order valence-corrected chi connectivity index (χ3v) is 3.07. The average molecular weight is 265 g/mol. The van der Waals surface area contributed by atoms with Crippen molar-refractivity contribution < 1.29 is 4.74 Å². The summed E-state index contributed by atoms with van der Waals surface area (Å²) in [5.74, 6) is 0. The molecule has 0 radical (unpaired) electrons. The van der Waals surface area contributed by atoms with Gasteiger partial charge in [0.1, 0.15) is 0 Å². The van der Waals surface area contributed by atoms with Crippen molar-refractivity contribution in [2.45, 2.75) is 13.5 Å². The number of fused-ring (bicyclic) bond motifs is 1. The summed E-state index contributed by atoms with van der Waals surface area (Å²) in [7, 11) is 0. The molecule has 0 fully saturated rings. The first kappa shape index (κ1) is 13.3. The van der Waals surface area contributed by atoms with Crippen molar-refractivity contribution in [3.8, 4) is 0 Å². The van der Waals surface area contributed by atoms with Crippen LogP contribution in [0.1, 0.15) is 12.5 Å². The molecule has 0 saturated heterocycles. The molecule has 18 heavy (non-hydrogen) atoms. The molecule has 1 aromatic carbocycles. The van der Waals surface area contributed by atoms with Crippen LogP contribution in [0.3, 0.4) is 0 Å². The minimum absolute atomic E-state index is 0.732. The highest BCUT2D eigenvalue weighted by molar-refractivity contribution is 6.35. The summed E-state index contributed by atoms with van der Waals surface area (Å²) in [6.45, 7) is 5.10. The Morgan fingerprint density at radius 1 is 1.33 bits per heavy atom. The largest absolute Gasteiger partial charge is 0.380 e. The Morgan fingerprint density at radius 3 is 3.06 bits per heavy atom. The minimum Gasteiger partial charge on any atom is -0.380 e. The average Bonchev–Trinajstić information content (AvgIpc) is 2.41. The molecule has 4 heteroatoms. The third-order valence-electron chi connectivity index (χ3n) is 2.74. The molecular weight excluding hydrogens is 248 g/mol. The van der Waals surface area contributed by atoms with Crippen LogP contribution in [0.2, 0.25) is 5.02 Å². The van der Waals surface area contributed by atoms with Crippen LogP contribution in [-0.4, -0.2) is 24.7 Å². The molecular formula is C14H17ClN2O. The molecule has 0 aliphatic carbocycles. The zero-order chi connectivity index (χ0) is 12.8. The topological polar surface area (TPSA) is 34.1 Å². The second kappa shape index (κ2) is 6.69. The van der Waals surface area contributed by atoms with Crippen molar-refractivity contribution in [3.05, 3.63) is 41.0 Å². The van der Waals surface area contributed by atoms with Crippen LogP contribution in [-0.2, 0) is 11.3 Å². The number of halogens is 1. The van der Waals surface area contributed by atoms with Gasteiger partial charge < -0.3 is 10.1 Å². The molecule has 0 aliphatic heterocycles. The van der Waals surface area contributed by atoms with Crippen molar-refractivity contribution >= 4 is 22.5 Å². The van der Waals surface area contributed by atoms with Crippen LogP contribution in [0.15, 0.2) is 30.5 Å². The molecule has 1 N–H and O–H groups in total. The van der Waals surface area contributed by atoms with Gasteiger partial charge in [-0.2, -0.15) is 0 Å². The lowest BCUT2D eigenvalue weighted by Crippen LogP contribution is -2.19. The van der Waals surface area contributed by atoms with Crippen molar-refractivity contribution in [2.24, 2.45) is 0 Å². The lowest BCUT2D eigenvalue weighted by atomic mass is 10.1. The Bertz CT molecular complexity index is 516. The van der Waals surface area contributed by atoms with Crippen LogP contribution in [0.4, 0.5) is 0 Å². The van der Waals surface area contributed by atoms with Crippen molar-refractivity contribution in [3.63, 3.8) is 0 Å². The highest BCUT2D eigenvalue weighted by Crippen LogP contribution is 2.24. The molecule has 1 heterocycles. The number of rotatable bonds is 6. The first-order valence-electron chi connectivity index (χ1n) is 6.13. The second-order valence-electron chi connectivity index (χ2n) is 3.98. The number of nitrogens with one attached hydrogen (secondary N) is 1. The maximum atomic E-state index is 6.15. The molecule has 2 aromatic rings. The maximum absolute atomic E-state index is 6.15. The van der Waals surface area contributed by atoms with Crippen LogP contribution < -0.4 is 5.32 Å². The smallest absolute Gasteiger partial charge is 0.0761 e. The summed E-state index contributed by atoms with van der Waals surface area (Å²) in [5, 5.41) is 5.09. The Morgan fingerprint density at radius 2 is 2.22 bits per heavy atom. The number of pyridine rings is 1. The summed E-state index contributed by atoms with van der Waals surface area (Å²) in [4.78, 5) is 4.40. The van der Waals surface area contributed by atoms with Gasteiger partial charge in [0.05, 0.1) is 12.1 Å². The van der Waals surface area contributed by atoms with Gasteiger partial charge in [0.15, 0.2) is 0 Å². The highest BCUT2D eigenvalue weighted by atomic mass is 35.5. The van der Waals surface area contributed by atoms with Crippen LogP contribution in [0.25, 0.3) is 10.9 Å². The van der Waals surface area contributed by atoms with E-state index >= 15 is 0 Å². The third kappa shape index (κ3) is 3.19. The fourth-order valence-electron chi connectivity index (χ4n) is 1.85. The zero-order valence-corrected chi connectivity index (χ0v) is 11.2. The monoisotopic (exact) mass is 264 g/mol. The summed E-state index contributed by atoms with van der Waals surface area (Å²) in [6.07, 6.45) is 1.79. The molecule has 3 nitrogen and oxygen atoms in total. The van der Waals surface area contributed by atoms with Gasteiger partial charge in [0, 0.05) is 36.3 Å². The van der Waals surface area contributed by atoms with E-state index in [1.54, 1.807) is 6.20 Å². The van der Waals surface area contributed by atoms with Crippen LogP contribution in [0.5, 0.6) is 0 Å². The molecule has 0 atom stereocenters. The molecule has 0 aliphatic rings. The van der Waals surface area contributed by atoms with E-state index in [1.807, 2.05) is 31.2 Å². The molecule has 0 spiro atoms. The zero-order valence-electron chi connectivity index (χ0n) is 10.4. The van der Waals surface area contributed by atoms with E-state index in [-0.39, 0.29) is 0 Å². The summed E-state index contributed by atoms with van der Waals surface area (Å²) in [5.41, 5.74) is 2.13. The van der Waals surface area contributed by atoms with Crippen molar-refractivity contribution in [2.75, 3.05) is 19.8 Å². The Labute approximate surface area is 112 Å².